The van der Waals surface area contributed by atoms with Gasteiger partial charge in [0, 0.05) is 141 Å². The second kappa shape index (κ2) is 34.0. The van der Waals surface area contributed by atoms with Gasteiger partial charge in [-0.05, 0) is 55.1 Å². The normalized spacial score (nSPS) is 19.3. The van der Waals surface area contributed by atoms with Crippen molar-refractivity contribution in [3.8, 4) is 0 Å². The number of amides is 2. The zero-order chi connectivity index (χ0) is 64.1. The molecule has 29 nitrogen and oxygen atoms in total. The van der Waals surface area contributed by atoms with Gasteiger partial charge in [-0.3, -0.25) is 50.4 Å². The maximum absolute atomic E-state index is 14.2. The molecular weight excluding hydrogens is 1190 g/mol. The Labute approximate surface area is 511 Å². The van der Waals surface area contributed by atoms with Crippen LogP contribution < -0.4 is 49.6 Å². The number of nitrogens with two attached hydrogens (primary N) is 2. The van der Waals surface area contributed by atoms with Gasteiger partial charge >= 0.3 is 31.6 Å². The lowest BCUT2D eigenvalue weighted by atomic mass is 9.84. The number of alkyl halides is 6. The van der Waals surface area contributed by atoms with Crippen molar-refractivity contribution in [2.75, 3.05) is 154 Å². The highest BCUT2D eigenvalue weighted by Gasteiger charge is 2.40. The van der Waals surface area contributed by atoms with E-state index >= 15 is 0 Å². The molecule has 6 aliphatic heterocycles. The first-order chi connectivity index (χ1) is 42.8. The number of carbonyl (C=O) groups excluding carboxylic acids is 2. The summed E-state index contributed by atoms with van der Waals surface area (Å²) in [5.74, 6) is 8.70. The number of halogens is 6. The molecule has 36 heteroatoms. The topological polar surface area (TPSA) is 323 Å². The highest BCUT2D eigenvalue weighted by molar-refractivity contribution is 6.45. The summed E-state index contributed by atoms with van der Waals surface area (Å²) >= 11 is 0. The van der Waals surface area contributed by atoms with Gasteiger partial charge in [0.1, 0.15) is 24.0 Å². The van der Waals surface area contributed by atoms with Gasteiger partial charge in [0.25, 0.3) is 0 Å². The molecule has 2 amide bonds. The van der Waals surface area contributed by atoms with Crippen molar-refractivity contribution < 1.29 is 69.8 Å². The van der Waals surface area contributed by atoms with E-state index in [1.54, 1.807) is 16.2 Å². The average molecular weight is 1270 g/mol. The quantitative estimate of drug-likeness (QED) is 0.0314. The van der Waals surface area contributed by atoms with Crippen molar-refractivity contribution in [1.29, 1.82) is 0 Å². The number of amidine groups is 2. The fourth-order valence-corrected chi connectivity index (χ4v) is 10.2. The van der Waals surface area contributed by atoms with Crippen LogP contribution in [0.2, 0.25) is 6.82 Å². The van der Waals surface area contributed by atoms with Crippen LogP contribution in [0.4, 0.5) is 47.6 Å². The van der Waals surface area contributed by atoms with E-state index in [4.69, 9.17) is 19.5 Å². The van der Waals surface area contributed by atoms with E-state index in [9.17, 15) is 41.0 Å². The minimum absolute atomic E-state index is 0.0149. The predicted octanol–water partition coefficient (Wildman–Crippen LogP) is 3.05. The van der Waals surface area contributed by atoms with E-state index in [0.29, 0.717) is 59.2 Å². The molecule has 4 fully saturated rings. The lowest BCUT2D eigenvalue weighted by Crippen LogP contribution is -2.51. The molecule has 12 N–H and O–H groups in total. The van der Waals surface area contributed by atoms with Crippen molar-refractivity contribution in [3.63, 3.8) is 0 Å². The van der Waals surface area contributed by atoms with E-state index < -0.39 is 55.0 Å². The van der Waals surface area contributed by atoms with E-state index in [1.807, 2.05) is 37.1 Å². The third kappa shape index (κ3) is 20.2. The van der Waals surface area contributed by atoms with Crippen LogP contribution in [0.15, 0.2) is 59.0 Å². The number of nitrogens with one attached hydrogen (secondary N) is 7. The first kappa shape index (κ1) is 69.9. The second-order valence-electron chi connectivity index (χ2n) is 21.0. The van der Waals surface area contributed by atoms with Gasteiger partial charge in [-0.15, -0.1) is 0 Å². The van der Waals surface area contributed by atoms with Gasteiger partial charge in [-0.25, -0.2) is 39.4 Å². The van der Waals surface area contributed by atoms with E-state index in [1.165, 1.54) is 0 Å². The van der Waals surface area contributed by atoms with Crippen LogP contribution in [0.1, 0.15) is 83.8 Å². The molecule has 10 heterocycles. The summed E-state index contributed by atoms with van der Waals surface area (Å²) in [5.41, 5.74) is 12.3. The molecule has 492 valence electrons. The number of rotatable bonds is 17. The van der Waals surface area contributed by atoms with Gasteiger partial charge < -0.3 is 34.1 Å². The van der Waals surface area contributed by atoms with E-state index in [0.717, 1.165) is 146 Å². The molecule has 6 aliphatic rings. The van der Waals surface area contributed by atoms with Crippen molar-refractivity contribution in [1.82, 2.24) is 60.0 Å². The number of morpholine rings is 2. The largest absolute Gasteiger partial charge is 0.453 e. The van der Waals surface area contributed by atoms with Crippen LogP contribution in [0.3, 0.4) is 0 Å². The highest BCUT2D eigenvalue weighted by atomic mass is 19.4. The molecule has 0 saturated carbocycles. The van der Waals surface area contributed by atoms with Gasteiger partial charge in [-0.1, -0.05) is 13.8 Å². The molecule has 0 spiro atoms. The number of hydrogen-bond acceptors (Lipinski definition) is 25. The van der Waals surface area contributed by atoms with Crippen LogP contribution in [-0.2, 0) is 54.3 Å². The number of aliphatic imine (C=N–C) groups is 2. The van der Waals surface area contributed by atoms with Crippen molar-refractivity contribution in [3.05, 3.63) is 93.8 Å². The molecule has 2 unspecified atom stereocenters. The summed E-state index contributed by atoms with van der Waals surface area (Å²) in [5, 5.41) is 17.5. The van der Waals surface area contributed by atoms with Crippen molar-refractivity contribution in [2.24, 2.45) is 21.8 Å². The fourth-order valence-electron chi connectivity index (χ4n) is 10.2. The summed E-state index contributed by atoms with van der Waals surface area (Å²) < 4.78 is 108. The SMILES string of the molecule is CCCNON.CCCNON.COC(=O)Nc1cc(C(F)(F)F)c(C2=NC(N3CCOCC3)c3cc(CN4CCN(B(C)O)CC4)cn3N2)cn1.COC(=O)Nc1cc(C(F)(F)F)c(C2=NC(N3CCOCC3)c3cc(CN4CCNCC4)cn3N2)cn1. The van der Waals surface area contributed by atoms with E-state index in [-0.39, 0.29) is 34.4 Å². The third-order valence-corrected chi connectivity index (χ3v) is 14.7. The van der Waals surface area contributed by atoms with Crippen LogP contribution in [0.5, 0.6) is 0 Å². The highest BCUT2D eigenvalue weighted by Crippen LogP contribution is 2.38. The van der Waals surface area contributed by atoms with Gasteiger partial charge in [0.15, 0.2) is 11.7 Å². The minimum atomic E-state index is -4.74. The number of hydrogen-bond donors (Lipinski definition) is 10. The maximum Gasteiger partial charge on any atom is 0.417 e. The molecule has 0 bridgehead atoms. The molecule has 2 atom stereocenters. The Hall–Kier alpha value is -6.62. The lowest BCUT2D eigenvalue weighted by molar-refractivity contribution is -0.138. The first-order valence-electron chi connectivity index (χ1n) is 29.1. The van der Waals surface area contributed by atoms with Gasteiger partial charge in [-0.2, -0.15) is 49.1 Å². The standard InChI is InChI=1S/C24H32BF3N8O4.C23H29F3N8O3.2C3H10N2O/c1-25(38)35-5-3-33(4-6-35)14-16-11-19-22(34-7-9-40-10-8-34)31-21(32-36(19)15-16)17-13-29-20(30-23(37)39-2)12-18(17)24(26,27)28;1-36-22(35)29-19-11-17(23(24,25)26)16(12-28-19)20-30-21(33-6-8-37-9-7-33)18-10-15(14-34(18)31-20)13-32-4-2-27-3-5-32;2*1-2-3-5-6-4/h11-13,15,22,38H,3-10,14H2,1-2H3,(H,31,32)(H,29,30,37);10-12,14,21,27H,2-9,13H2,1H3,(H,30,31)(H,28,29,35);2*5H,2-4H2,1H3. The maximum atomic E-state index is 14.2. The molecule has 4 aromatic heterocycles. The zero-order valence-corrected chi connectivity index (χ0v) is 50.5. The smallest absolute Gasteiger partial charge is 0.417 e. The number of fused-ring (bicyclic) bond motifs is 2. The predicted molar refractivity (Wildman–Crippen MR) is 317 cm³/mol. The fraction of sp³-hybridized carbons (Fsp3) is 0.585. The number of anilines is 2. The monoisotopic (exact) mass is 1270 g/mol. The average Bonchev–Trinajstić information content (AvgIpc) is 1.89. The Morgan fingerprint density at radius 2 is 1.06 bits per heavy atom. The Morgan fingerprint density at radius 1 is 0.652 bits per heavy atom. The number of nitrogens with zero attached hydrogens (tertiary/aromatic N) is 11. The third-order valence-electron chi connectivity index (χ3n) is 14.7. The van der Waals surface area contributed by atoms with Gasteiger partial charge in [0.05, 0.1) is 63.2 Å². The second-order valence-corrected chi connectivity index (χ2v) is 21.0. The Balaban J connectivity index is 0.000000215. The molecule has 0 aliphatic carbocycles. The number of hydroxylamine groups is 2. The lowest BCUT2D eigenvalue weighted by Gasteiger charge is -2.35. The minimum Gasteiger partial charge on any atom is -0.453 e. The molecule has 0 radical (unpaired) electrons. The number of ether oxygens (including phenoxy) is 4. The zero-order valence-electron chi connectivity index (χ0n) is 50.5. The Morgan fingerprint density at radius 3 is 1.40 bits per heavy atom. The van der Waals surface area contributed by atoms with Gasteiger partial charge in [0.2, 0.25) is 0 Å². The molecule has 10 rings (SSSR count). The summed E-state index contributed by atoms with van der Waals surface area (Å²) in [6.07, 6.45) is -4.34. The summed E-state index contributed by atoms with van der Waals surface area (Å²) in [7, 11) is 1.74. The Kier molecular flexibility index (Phi) is 26.7. The van der Waals surface area contributed by atoms with Crippen LogP contribution in [-0.4, -0.2) is 212 Å². The number of aromatic nitrogens is 4. The molecule has 4 saturated heterocycles. The van der Waals surface area contributed by atoms with Crippen molar-refractivity contribution >= 4 is 42.5 Å². The molecular formula is C53H81BF6N20O9. The summed E-state index contributed by atoms with van der Waals surface area (Å²) in [4.78, 5) is 59.4. The van der Waals surface area contributed by atoms with Crippen LogP contribution in [0.25, 0.3) is 0 Å². The molecule has 89 heavy (non-hydrogen) atoms. The van der Waals surface area contributed by atoms with Crippen LogP contribution in [0, 0.1) is 0 Å². The number of pyridine rings is 2. The number of methoxy groups -OCH3 is 2. The van der Waals surface area contributed by atoms with Crippen molar-refractivity contribution in [2.45, 2.75) is 71.3 Å². The molecule has 4 aromatic rings. The summed E-state index contributed by atoms with van der Waals surface area (Å²) in [6.45, 7) is 20.0. The Bertz CT molecular complexity index is 2920. The van der Waals surface area contributed by atoms with Crippen LogP contribution >= 0.6 is 0 Å². The number of carbonyl (C=O) groups is 2. The first-order valence-corrected chi connectivity index (χ1v) is 29.1. The van der Waals surface area contributed by atoms with E-state index in [2.05, 4.69) is 105 Å². The summed E-state index contributed by atoms with van der Waals surface area (Å²) in [6, 6.07) is 5.63. The molecule has 0 aromatic carbocycles. The number of piperazine rings is 2.